The lowest BCUT2D eigenvalue weighted by Gasteiger charge is -1.93. The molecule has 0 spiro atoms. The summed E-state index contributed by atoms with van der Waals surface area (Å²) >= 11 is 4.19. The van der Waals surface area contributed by atoms with E-state index < -0.39 is 5.43 Å². The number of Topliss-reactive ketones (excluding diaryl/α,β-unsaturated/α-hetero) is 1. The van der Waals surface area contributed by atoms with Crippen molar-refractivity contribution in [1.82, 2.24) is 0 Å². The van der Waals surface area contributed by atoms with Gasteiger partial charge in [-0.15, -0.1) is 0 Å². The van der Waals surface area contributed by atoms with Gasteiger partial charge in [0.05, 0.1) is 0 Å². The van der Waals surface area contributed by atoms with Crippen LogP contribution in [-0.4, -0.2) is 16.3 Å². The molecule has 0 unspecified atom stereocenters. The number of hydrogen-bond acceptors (Lipinski definition) is 2. The number of ketones is 1. The fourth-order valence-electron chi connectivity index (χ4n) is 0.839. The predicted octanol–water partition coefficient (Wildman–Crippen LogP) is 2.92. The van der Waals surface area contributed by atoms with Gasteiger partial charge in [0.15, 0.2) is 5.78 Å². The largest absolute Gasteiger partial charge is 0.469 e. The van der Waals surface area contributed by atoms with Crippen LogP contribution < -0.4 is 0 Å². The zero-order chi connectivity index (χ0) is 11.0. The average molecular weight is 215 g/mol. The number of halogens is 1. The number of hydrogen-bond donors (Lipinski definition) is 1. The van der Waals surface area contributed by atoms with Crippen LogP contribution >= 0.6 is 11.6 Å². The zero-order valence-corrected chi connectivity index (χ0v) is 8.49. The molecule has 14 heavy (non-hydrogen) atoms. The van der Waals surface area contributed by atoms with Gasteiger partial charge in [-0.3, -0.25) is 4.79 Å². The van der Waals surface area contributed by atoms with Crippen molar-refractivity contribution in [2.45, 2.75) is 13.3 Å². The van der Waals surface area contributed by atoms with Gasteiger partial charge in [-0.05, 0) is 18.9 Å². The lowest BCUT2D eigenvalue weighted by atomic mass is 10.1. The normalized spacial score (nSPS) is 13.4. The first-order chi connectivity index (χ1) is 6.54. The third kappa shape index (κ3) is 7.31. The highest BCUT2D eigenvalue weighted by molar-refractivity contribution is 6.60. The first kappa shape index (κ1) is 12.7. The van der Waals surface area contributed by atoms with E-state index in [1.165, 1.54) is 0 Å². The molecule has 1 aliphatic carbocycles. The molecule has 0 amide bonds. The number of carbonyl (C=O) groups is 2. The molecule has 3 nitrogen and oxygen atoms in total. The smallest absolute Gasteiger partial charge is 0.401 e. The van der Waals surface area contributed by atoms with Gasteiger partial charge in [0, 0.05) is 11.6 Å². The molecule has 0 aromatic heterocycles. The number of carboxylic acid groups (broad SMARTS) is 1. The SMILES string of the molecule is CC(=O)C1=CC=CC=CC1.O=C(O)Cl. The van der Waals surface area contributed by atoms with Gasteiger partial charge >= 0.3 is 5.43 Å². The Morgan fingerprint density at radius 1 is 1.36 bits per heavy atom. The van der Waals surface area contributed by atoms with E-state index in [2.05, 4.69) is 11.6 Å². The van der Waals surface area contributed by atoms with E-state index in [0.29, 0.717) is 0 Å². The first-order valence-corrected chi connectivity index (χ1v) is 4.33. The van der Waals surface area contributed by atoms with E-state index in [-0.39, 0.29) is 5.78 Å². The van der Waals surface area contributed by atoms with E-state index in [4.69, 9.17) is 9.90 Å². The Kier molecular flexibility index (Phi) is 6.41. The summed E-state index contributed by atoms with van der Waals surface area (Å²) in [6, 6.07) is 0. The molecule has 0 heterocycles. The van der Waals surface area contributed by atoms with E-state index in [0.717, 1.165) is 12.0 Å². The highest BCUT2D eigenvalue weighted by Gasteiger charge is 1.99. The van der Waals surface area contributed by atoms with Crippen LogP contribution in [-0.2, 0) is 4.79 Å². The first-order valence-electron chi connectivity index (χ1n) is 3.95. The van der Waals surface area contributed by atoms with Gasteiger partial charge in [0.1, 0.15) is 0 Å². The van der Waals surface area contributed by atoms with Crippen molar-refractivity contribution in [1.29, 1.82) is 0 Å². The average Bonchev–Trinajstić information content (AvgIpc) is 2.29. The lowest BCUT2D eigenvalue weighted by molar-refractivity contribution is -0.113. The molecule has 1 N–H and O–H groups in total. The van der Waals surface area contributed by atoms with Gasteiger partial charge < -0.3 is 5.11 Å². The molecule has 0 saturated carbocycles. The van der Waals surface area contributed by atoms with Crippen molar-refractivity contribution in [3.05, 3.63) is 36.0 Å². The Morgan fingerprint density at radius 3 is 2.43 bits per heavy atom. The van der Waals surface area contributed by atoms with Crippen molar-refractivity contribution >= 4 is 22.8 Å². The second kappa shape index (κ2) is 7.09. The molecule has 4 heteroatoms. The Balaban J connectivity index is 0.000000364. The Morgan fingerprint density at radius 2 is 1.93 bits per heavy atom. The maximum Gasteiger partial charge on any atom is 0.401 e. The van der Waals surface area contributed by atoms with Crippen LogP contribution in [0.5, 0.6) is 0 Å². The summed E-state index contributed by atoms with van der Waals surface area (Å²) in [5.74, 6) is 0.163. The fraction of sp³-hybridized carbons (Fsp3) is 0.200. The number of allylic oxidation sites excluding steroid dienone is 6. The van der Waals surface area contributed by atoms with Crippen molar-refractivity contribution in [2.24, 2.45) is 0 Å². The summed E-state index contributed by atoms with van der Waals surface area (Å²) in [5.41, 5.74) is -0.481. The molecule has 1 rings (SSSR count). The molecule has 0 aliphatic heterocycles. The summed E-state index contributed by atoms with van der Waals surface area (Å²) in [4.78, 5) is 19.6. The molecule has 0 fully saturated rings. The summed E-state index contributed by atoms with van der Waals surface area (Å²) < 4.78 is 0. The van der Waals surface area contributed by atoms with Gasteiger partial charge in [-0.25, -0.2) is 4.79 Å². The van der Waals surface area contributed by atoms with E-state index in [1.807, 2.05) is 30.4 Å². The van der Waals surface area contributed by atoms with Crippen LogP contribution in [0, 0.1) is 0 Å². The summed E-state index contributed by atoms with van der Waals surface area (Å²) in [5, 5.41) is 7.18. The number of rotatable bonds is 1. The minimum Gasteiger partial charge on any atom is -0.469 e. The summed E-state index contributed by atoms with van der Waals surface area (Å²) in [6.45, 7) is 1.60. The highest BCUT2D eigenvalue weighted by Crippen LogP contribution is 2.07. The Hall–Kier alpha value is -1.35. The molecule has 76 valence electrons. The highest BCUT2D eigenvalue weighted by atomic mass is 35.5. The molecule has 0 saturated heterocycles. The van der Waals surface area contributed by atoms with Crippen LogP contribution in [0.4, 0.5) is 4.79 Å². The van der Waals surface area contributed by atoms with Crippen LogP contribution in [0.1, 0.15) is 13.3 Å². The molecular weight excluding hydrogens is 204 g/mol. The molecule has 0 bridgehead atoms. The Labute approximate surface area is 87.4 Å². The standard InChI is InChI=1S/C9H10O.CHClO2/c1-8(10)9-6-4-2-3-5-7-9;2-1(3)4/h2-6H,7H2,1H3;(H,3,4). The fourth-order valence-corrected chi connectivity index (χ4v) is 0.839. The summed E-state index contributed by atoms with van der Waals surface area (Å²) in [7, 11) is 0. The van der Waals surface area contributed by atoms with Crippen LogP contribution in [0.15, 0.2) is 36.0 Å². The molecule has 0 atom stereocenters. The van der Waals surface area contributed by atoms with Gasteiger partial charge in [0.25, 0.3) is 0 Å². The van der Waals surface area contributed by atoms with E-state index >= 15 is 0 Å². The molecule has 0 radical (unpaired) electrons. The quantitative estimate of drug-likeness (QED) is 0.683. The van der Waals surface area contributed by atoms with Gasteiger partial charge in [-0.1, -0.05) is 30.4 Å². The van der Waals surface area contributed by atoms with Crippen LogP contribution in [0.25, 0.3) is 0 Å². The van der Waals surface area contributed by atoms with E-state index in [1.54, 1.807) is 6.92 Å². The minimum atomic E-state index is -1.36. The molecule has 0 aromatic rings. The van der Waals surface area contributed by atoms with Crippen molar-refractivity contribution in [3.8, 4) is 0 Å². The second-order valence-electron chi connectivity index (χ2n) is 2.52. The Bertz CT molecular complexity index is 296. The van der Waals surface area contributed by atoms with E-state index in [9.17, 15) is 4.79 Å². The maximum atomic E-state index is 10.8. The van der Waals surface area contributed by atoms with Crippen molar-refractivity contribution in [2.75, 3.05) is 0 Å². The topological polar surface area (TPSA) is 54.4 Å². The maximum absolute atomic E-state index is 10.8. The third-order valence-electron chi connectivity index (χ3n) is 1.45. The lowest BCUT2D eigenvalue weighted by Crippen LogP contribution is -1.93. The molecular formula is C10H11ClO3. The molecule has 1 aliphatic rings. The minimum absolute atomic E-state index is 0.163. The van der Waals surface area contributed by atoms with Gasteiger partial charge in [-0.2, -0.15) is 0 Å². The van der Waals surface area contributed by atoms with Gasteiger partial charge in [0.2, 0.25) is 0 Å². The van der Waals surface area contributed by atoms with Crippen LogP contribution in [0.3, 0.4) is 0 Å². The molecule has 0 aromatic carbocycles. The van der Waals surface area contributed by atoms with Crippen molar-refractivity contribution < 1.29 is 14.7 Å². The summed E-state index contributed by atoms with van der Waals surface area (Å²) in [6.07, 6.45) is 10.4. The van der Waals surface area contributed by atoms with Crippen LogP contribution in [0.2, 0.25) is 0 Å². The zero-order valence-electron chi connectivity index (χ0n) is 7.74. The number of carbonyl (C=O) groups excluding carboxylic acids is 1. The van der Waals surface area contributed by atoms with Crippen molar-refractivity contribution in [3.63, 3.8) is 0 Å². The predicted molar refractivity (Wildman–Crippen MR) is 55.5 cm³/mol. The second-order valence-corrected chi connectivity index (χ2v) is 2.84. The monoisotopic (exact) mass is 214 g/mol. The third-order valence-corrected chi connectivity index (χ3v) is 1.45.